The van der Waals surface area contributed by atoms with Gasteiger partial charge in [-0.3, -0.25) is 4.79 Å². The highest BCUT2D eigenvalue weighted by Crippen LogP contribution is 2.35. The zero-order valence-corrected chi connectivity index (χ0v) is 33.5. The normalized spacial score (nSPS) is 28.8. The van der Waals surface area contributed by atoms with Gasteiger partial charge in [-0.05, 0) is 87.4 Å². The summed E-state index contributed by atoms with van der Waals surface area (Å²) < 4.78 is 25.2. The maximum atomic E-state index is 12.9. The van der Waals surface area contributed by atoms with Crippen molar-refractivity contribution in [3.63, 3.8) is 0 Å². The van der Waals surface area contributed by atoms with Crippen LogP contribution >= 0.6 is 0 Å². The predicted molar refractivity (Wildman–Crippen MR) is 196 cm³/mol. The molecule has 0 spiro atoms. The fraction of sp³-hybridized carbons (Fsp3) is 0.921. The number of nitrogens with zero attached hydrogens (tertiary/aromatic N) is 2. The molecule has 47 heavy (non-hydrogen) atoms. The lowest BCUT2D eigenvalue weighted by Crippen LogP contribution is -2.59. The third-order valence-corrected chi connectivity index (χ3v) is 8.59. The Labute approximate surface area is 290 Å². The Morgan fingerprint density at radius 2 is 1.70 bits per heavy atom. The molecule has 2 rings (SSSR count). The van der Waals surface area contributed by atoms with Crippen LogP contribution in [0.4, 0.5) is 0 Å². The van der Waals surface area contributed by atoms with E-state index < -0.39 is 47.5 Å². The molecule has 2 saturated heterocycles. The largest absolute Gasteiger partial charge is 0.462 e. The van der Waals surface area contributed by atoms with E-state index in [4.69, 9.17) is 18.9 Å². The van der Waals surface area contributed by atoms with Gasteiger partial charge in [-0.15, -0.1) is 0 Å². The fourth-order valence-electron chi connectivity index (χ4n) is 6.20. The second-order valence-corrected chi connectivity index (χ2v) is 14.1. The van der Waals surface area contributed by atoms with E-state index in [1.807, 2.05) is 55.4 Å². The minimum Gasteiger partial charge on any atom is -0.462 e. The van der Waals surface area contributed by atoms with Gasteiger partial charge in [-0.1, -0.05) is 67.5 Å². The molecule has 2 N–H and O–H groups in total. The predicted octanol–water partition coefficient (Wildman–Crippen LogP) is 6.94. The van der Waals surface area contributed by atoms with Crippen LogP contribution in [0.5, 0.6) is 0 Å². The number of hydrogen-bond donors (Lipinski definition) is 2. The highest BCUT2D eigenvalue weighted by atomic mass is 16.7. The first-order valence-corrected chi connectivity index (χ1v) is 18.5. The zero-order chi connectivity index (χ0) is 37.1. The van der Waals surface area contributed by atoms with E-state index in [1.54, 1.807) is 20.8 Å². The van der Waals surface area contributed by atoms with Gasteiger partial charge in [0.1, 0.15) is 12.2 Å². The van der Waals surface area contributed by atoms with Crippen LogP contribution in [0.1, 0.15) is 122 Å². The molecule has 0 aliphatic carbocycles. The molecule has 0 aromatic carbocycles. The van der Waals surface area contributed by atoms with Crippen molar-refractivity contribution < 1.29 is 34.0 Å². The van der Waals surface area contributed by atoms with Gasteiger partial charge in [-0.2, -0.15) is 0 Å². The molecular formula is C38H78N2O7. The van der Waals surface area contributed by atoms with Crippen LogP contribution in [0.25, 0.3) is 0 Å². The molecule has 9 nitrogen and oxygen atoms in total. The highest BCUT2D eigenvalue weighted by molar-refractivity contribution is 5.72. The van der Waals surface area contributed by atoms with Crippen molar-refractivity contribution in [2.24, 2.45) is 17.8 Å². The molecule has 0 amide bonds. The van der Waals surface area contributed by atoms with E-state index in [1.165, 1.54) is 0 Å². The van der Waals surface area contributed by atoms with Gasteiger partial charge in [0.2, 0.25) is 0 Å². The number of likely N-dealkylation sites (N-methyl/N-ethyl adjacent to an activating group) is 1. The maximum Gasteiger partial charge on any atom is 0.311 e. The molecule has 9 atom stereocenters. The van der Waals surface area contributed by atoms with Gasteiger partial charge in [0.25, 0.3) is 0 Å². The minimum atomic E-state index is -1.16. The number of carbonyl (C=O) groups excluding carboxylic acids is 1. The average molecular weight is 675 g/mol. The van der Waals surface area contributed by atoms with E-state index in [-0.39, 0.29) is 12.7 Å². The Hall–Kier alpha value is -1.07. The molecule has 0 aromatic heterocycles. The lowest BCUT2D eigenvalue weighted by Gasteiger charge is -2.47. The van der Waals surface area contributed by atoms with Gasteiger partial charge in [-0.25, -0.2) is 0 Å². The monoisotopic (exact) mass is 675 g/mol. The maximum absolute atomic E-state index is 12.9. The molecule has 2 aliphatic rings. The van der Waals surface area contributed by atoms with Crippen LogP contribution in [0.3, 0.4) is 0 Å². The summed E-state index contributed by atoms with van der Waals surface area (Å²) in [6.07, 6.45) is 2.55. The first kappa shape index (κ1) is 48.0. The van der Waals surface area contributed by atoms with E-state index >= 15 is 0 Å². The van der Waals surface area contributed by atoms with Crippen molar-refractivity contribution >= 4 is 5.97 Å². The van der Waals surface area contributed by atoms with Gasteiger partial charge in [0.05, 0.1) is 36.4 Å². The van der Waals surface area contributed by atoms with Crippen LogP contribution in [-0.4, -0.2) is 115 Å². The fourth-order valence-corrected chi connectivity index (χ4v) is 6.20. The Balaban J connectivity index is 0. The second-order valence-electron chi connectivity index (χ2n) is 14.1. The van der Waals surface area contributed by atoms with E-state index in [0.29, 0.717) is 31.5 Å². The number of rotatable bonds is 10. The molecule has 282 valence electrons. The molecule has 9 heteroatoms. The Morgan fingerprint density at radius 1 is 1.13 bits per heavy atom. The first-order chi connectivity index (χ1) is 21.9. The SMILES string of the molecule is C=C1CCCC(C)CN(C)C[C@](C)([C@H](OC2CC(N(C)C)CC(C)O2)[C@@H](C)[C@H](O)C(C)C(=O)OCC(C)(C)O)OC1.CC.CC.CC. The third-order valence-electron chi connectivity index (χ3n) is 8.59. The molecule has 0 aromatic rings. The average Bonchev–Trinajstić information content (AvgIpc) is 3.04. The van der Waals surface area contributed by atoms with E-state index in [2.05, 4.69) is 51.4 Å². The van der Waals surface area contributed by atoms with Crippen LogP contribution in [-0.2, 0) is 23.7 Å². The summed E-state index contributed by atoms with van der Waals surface area (Å²) in [5.41, 5.74) is -0.953. The molecule has 2 fully saturated rings. The molecule has 0 saturated carbocycles. The van der Waals surface area contributed by atoms with Gasteiger partial charge >= 0.3 is 5.97 Å². The lowest BCUT2D eigenvalue weighted by atomic mass is 9.81. The Bertz CT molecular complexity index is 833. The number of aliphatic hydroxyl groups excluding tert-OH is 1. The van der Waals surface area contributed by atoms with Crippen LogP contribution in [0.2, 0.25) is 0 Å². The molecule has 2 aliphatic heterocycles. The Morgan fingerprint density at radius 3 is 2.23 bits per heavy atom. The van der Waals surface area contributed by atoms with Crippen molar-refractivity contribution in [3.05, 3.63) is 12.2 Å². The number of carbonyl (C=O) groups is 1. The summed E-state index contributed by atoms with van der Waals surface area (Å²) in [6.45, 7) is 31.1. The minimum absolute atomic E-state index is 0.0161. The number of hydrogen-bond acceptors (Lipinski definition) is 9. The summed E-state index contributed by atoms with van der Waals surface area (Å²) in [5.74, 6) is -1.38. The van der Waals surface area contributed by atoms with Crippen molar-refractivity contribution in [2.75, 3.05) is 47.4 Å². The topological polar surface area (TPSA) is 101 Å². The van der Waals surface area contributed by atoms with Crippen molar-refractivity contribution in [3.8, 4) is 0 Å². The number of ether oxygens (including phenoxy) is 4. The Kier molecular flexibility index (Phi) is 24.7. The van der Waals surface area contributed by atoms with Gasteiger partial charge < -0.3 is 39.0 Å². The lowest BCUT2D eigenvalue weighted by molar-refractivity contribution is -0.272. The standard InChI is InChI=1S/C32H60N2O7.3C2H6/c1-21-13-12-14-22(2)18-39-32(8,19-34(11)17-21)29(41-27-16-26(33(9)10)15-23(3)40-27)24(4)28(35)25(5)30(36)38-20-31(6,7)37;3*1-2/h21,23-29,35,37H,2,12-20H2,1,3-11H3;3*1-2H3/t21?,23?,24-,25?,26?,27?,28-,29+,32+;;;/m0.../s1. The zero-order valence-electron chi connectivity index (χ0n) is 33.5. The molecular weight excluding hydrogens is 596 g/mol. The molecule has 2 heterocycles. The smallest absolute Gasteiger partial charge is 0.311 e. The number of aliphatic hydroxyl groups is 2. The van der Waals surface area contributed by atoms with Gasteiger partial charge in [0, 0.05) is 31.5 Å². The summed E-state index contributed by atoms with van der Waals surface area (Å²) in [7, 11) is 6.24. The van der Waals surface area contributed by atoms with Crippen LogP contribution in [0, 0.1) is 17.8 Å². The van der Waals surface area contributed by atoms with E-state index in [0.717, 1.165) is 37.8 Å². The first-order valence-electron chi connectivity index (χ1n) is 18.5. The number of esters is 1. The second kappa shape index (κ2) is 24.1. The van der Waals surface area contributed by atoms with Crippen LogP contribution in [0.15, 0.2) is 12.2 Å². The van der Waals surface area contributed by atoms with Crippen molar-refractivity contribution in [1.29, 1.82) is 0 Å². The summed E-state index contributed by atoms with van der Waals surface area (Å²) in [4.78, 5) is 17.4. The highest BCUT2D eigenvalue weighted by Gasteiger charge is 2.47. The molecule has 0 radical (unpaired) electrons. The van der Waals surface area contributed by atoms with Crippen molar-refractivity contribution in [1.82, 2.24) is 9.80 Å². The van der Waals surface area contributed by atoms with Gasteiger partial charge in [0.15, 0.2) is 6.29 Å². The van der Waals surface area contributed by atoms with E-state index in [9.17, 15) is 15.0 Å². The molecule has 5 unspecified atom stereocenters. The quantitative estimate of drug-likeness (QED) is 0.189. The molecule has 0 bridgehead atoms. The summed E-state index contributed by atoms with van der Waals surface area (Å²) >= 11 is 0. The summed E-state index contributed by atoms with van der Waals surface area (Å²) in [5, 5.41) is 21.6. The summed E-state index contributed by atoms with van der Waals surface area (Å²) in [6, 6.07) is 0.296. The van der Waals surface area contributed by atoms with Crippen LogP contribution < -0.4 is 0 Å². The van der Waals surface area contributed by atoms with Crippen molar-refractivity contribution in [2.45, 2.75) is 164 Å². The third kappa shape index (κ3) is 17.9.